The molecule has 0 radical (unpaired) electrons. The van der Waals surface area contributed by atoms with Crippen LogP contribution in [-0.2, 0) is 4.74 Å². The van der Waals surface area contributed by atoms with Crippen LogP contribution in [0, 0.1) is 0 Å². The van der Waals surface area contributed by atoms with Crippen LogP contribution in [0.15, 0.2) is 42.7 Å². The van der Waals surface area contributed by atoms with Gasteiger partial charge in [-0.1, -0.05) is 0 Å². The molecule has 0 aliphatic carbocycles. The molecule has 4 heterocycles. The van der Waals surface area contributed by atoms with Gasteiger partial charge in [0, 0.05) is 74.6 Å². The highest BCUT2D eigenvalue weighted by Gasteiger charge is 2.18. The summed E-state index contributed by atoms with van der Waals surface area (Å²) in [7, 11) is 0. The van der Waals surface area contributed by atoms with Gasteiger partial charge >= 0.3 is 0 Å². The van der Waals surface area contributed by atoms with E-state index in [0.717, 1.165) is 69.0 Å². The van der Waals surface area contributed by atoms with E-state index in [-0.39, 0.29) is 0 Å². The maximum atomic E-state index is 5.50. The zero-order valence-electron chi connectivity index (χ0n) is 16.0. The summed E-state index contributed by atoms with van der Waals surface area (Å²) in [5.74, 6) is 0.634. The number of aromatic nitrogens is 3. The molecular formula is C21H26N6O. The zero-order valence-corrected chi connectivity index (χ0v) is 16.0. The van der Waals surface area contributed by atoms with Crippen molar-refractivity contribution in [1.82, 2.24) is 19.9 Å². The summed E-state index contributed by atoms with van der Waals surface area (Å²) >= 11 is 0. The van der Waals surface area contributed by atoms with Gasteiger partial charge in [-0.25, -0.2) is 4.98 Å². The summed E-state index contributed by atoms with van der Waals surface area (Å²) in [5, 5.41) is 7.82. The highest BCUT2D eigenvalue weighted by atomic mass is 16.5. The first-order valence-corrected chi connectivity index (χ1v) is 10.1. The number of ether oxygens (including phenoxy) is 1. The summed E-state index contributed by atoms with van der Waals surface area (Å²) in [4.78, 5) is 11.7. The number of benzene rings is 1. The van der Waals surface area contributed by atoms with Crippen molar-refractivity contribution < 1.29 is 4.74 Å². The first-order valence-electron chi connectivity index (χ1n) is 10.1. The van der Waals surface area contributed by atoms with Gasteiger partial charge in [-0.2, -0.15) is 4.98 Å². The molecule has 2 saturated heterocycles. The van der Waals surface area contributed by atoms with Crippen LogP contribution in [0.2, 0.25) is 0 Å². The molecule has 28 heavy (non-hydrogen) atoms. The molecule has 2 aromatic heterocycles. The van der Waals surface area contributed by atoms with Crippen LogP contribution in [0.25, 0.3) is 11.0 Å². The highest BCUT2D eigenvalue weighted by Crippen LogP contribution is 2.27. The van der Waals surface area contributed by atoms with E-state index in [1.165, 1.54) is 5.69 Å². The topological polar surface area (TPSA) is 67.2 Å². The second-order valence-electron chi connectivity index (χ2n) is 7.45. The van der Waals surface area contributed by atoms with Crippen LogP contribution in [0.5, 0.6) is 0 Å². The van der Waals surface area contributed by atoms with Gasteiger partial charge in [0.05, 0.1) is 0 Å². The standard InChI is InChI=1S/C21H26N6O/c1-3-18(26-11-8-22-9-12-26)4-2-17(1)24-21-23-15-16-5-10-27(20(16)25-21)19-6-13-28-14-7-19/h1-5,10,15,19,22H,6-9,11-14H2,(H,23,24,25). The van der Waals surface area contributed by atoms with Gasteiger partial charge in [0.2, 0.25) is 5.95 Å². The highest BCUT2D eigenvalue weighted by molar-refractivity contribution is 5.77. The molecule has 7 heteroatoms. The largest absolute Gasteiger partial charge is 0.381 e. The average molecular weight is 378 g/mol. The number of fused-ring (bicyclic) bond motifs is 1. The third-order valence-electron chi connectivity index (χ3n) is 5.64. The SMILES string of the molecule is c1cc(N2CCNCC2)ccc1Nc1ncc2ccn(C3CCOCC3)c2n1. The maximum Gasteiger partial charge on any atom is 0.229 e. The molecular weight excluding hydrogens is 352 g/mol. The molecule has 1 aromatic carbocycles. The van der Waals surface area contributed by atoms with Crippen LogP contribution in [-0.4, -0.2) is 53.9 Å². The van der Waals surface area contributed by atoms with E-state index in [4.69, 9.17) is 9.72 Å². The molecule has 0 unspecified atom stereocenters. The van der Waals surface area contributed by atoms with Gasteiger partial charge in [0.1, 0.15) is 5.65 Å². The summed E-state index contributed by atoms with van der Waals surface area (Å²) in [6.07, 6.45) is 6.09. The van der Waals surface area contributed by atoms with Crippen LogP contribution in [0.3, 0.4) is 0 Å². The number of rotatable bonds is 4. The number of nitrogens with one attached hydrogen (secondary N) is 2. The Hall–Kier alpha value is -2.64. The van der Waals surface area contributed by atoms with Crippen molar-refractivity contribution in [3.8, 4) is 0 Å². The Balaban J connectivity index is 1.34. The summed E-state index contributed by atoms with van der Waals surface area (Å²) in [6, 6.07) is 11.1. The molecule has 0 bridgehead atoms. The van der Waals surface area contributed by atoms with E-state index < -0.39 is 0 Å². The predicted molar refractivity (Wildman–Crippen MR) is 111 cm³/mol. The second kappa shape index (κ2) is 7.77. The first-order chi connectivity index (χ1) is 13.9. The quantitative estimate of drug-likeness (QED) is 0.728. The van der Waals surface area contributed by atoms with Crippen molar-refractivity contribution in [2.24, 2.45) is 0 Å². The lowest BCUT2D eigenvalue weighted by atomic mass is 10.1. The lowest BCUT2D eigenvalue weighted by Crippen LogP contribution is -2.43. The molecule has 5 rings (SSSR count). The van der Waals surface area contributed by atoms with Crippen LogP contribution in [0.4, 0.5) is 17.3 Å². The Labute approximate surface area is 164 Å². The Kier molecular flexibility index (Phi) is 4.85. The van der Waals surface area contributed by atoms with Crippen molar-refractivity contribution in [3.05, 3.63) is 42.7 Å². The Morgan fingerprint density at radius 1 is 1.04 bits per heavy atom. The van der Waals surface area contributed by atoms with E-state index in [1.807, 2.05) is 6.20 Å². The van der Waals surface area contributed by atoms with Crippen LogP contribution >= 0.6 is 0 Å². The minimum atomic E-state index is 0.451. The Morgan fingerprint density at radius 3 is 2.61 bits per heavy atom. The number of piperazine rings is 1. The van der Waals surface area contributed by atoms with E-state index in [0.29, 0.717) is 12.0 Å². The smallest absolute Gasteiger partial charge is 0.229 e. The van der Waals surface area contributed by atoms with Crippen LogP contribution in [0.1, 0.15) is 18.9 Å². The fourth-order valence-electron chi connectivity index (χ4n) is 4.06. The van der Waals surface area contributed by atoms with Gasteiger partial charge in [-0.15, -0.1) is 0 Å². The molecule has 0 saturated carbocycles. The average Bonchev–Trinajstić information content (AvgIpc) is 3.19. The fourth-order valence-corrected chi connectivity index (χ4v) is 4.06. The minimum Gasteiger partial charge on any atom is -0.381 e. The number of nitrogens with zero attached hydrogens (tertiary/aromatic N) is 4. The summed E-state index contributed by atoms with van der Waals surface area (Å²) in [6.45, 7) is 5.83. The zero-order chi connectivity index (χ0) is 18.8. The van der Waals surface area contributed by atoms with E-state index in [9.17, 15) is 0 Å². The van der Waals surface area contributed by atoms with Crippen molar-refractivity contribution in [3.63, 3.8) is 0 Å². The van der Waals surface area contributed by atoms with Gasteiger partial charge in [0.25, 0.3) is 0 Å². The molecule has 3 aromatic rings. The molecule has 2 fully saturated rings. The summed E-state index contributed by atoms with van der Waals surface area (Å²) in [5.41, 5.74) is 3.25. The van der Waals surface area contributed by atoms with Crippen LogP contribution < -0.4 is 15.5 Å². The molecule has 146 valence electrons. The molecule has 2 aliphatic heterocycles. The third kappa shape index (κ3) is 3.55. The second-order valence-corrected chi connectivity index (χ2v) is 7.45. The lowest BCUT2D eigenvalue weighted by molar-refractivity contribution is 0.0706. The fraction of sp³-hybridized carbons (Fsp3) is 0.429. The first kappa shape index (κ1) is 17.5. The monoisotopic (exact) mass is 378 g/mol. The number of hydrogen-bond acceptors (Lipinski definition) is 6. The van der Waals surface area contributed by atoms with Gasteiger partial charge in [0.15, 0.2) is 0 Å². The third-order valence-corrected chi connectivity index (χ3v) is 5.64. The van der Waals surface area contributed by atoms with Gasteiger partial charge in [-0.3, -0.25) is 0 Å². The van der Waals surface area contributed by atoms with Gasteiger partial charge < -0.3 is 24.8 Å². The number of anilines is 3. The molecule has 0 atom stereocenters. The Morgan fingerprint density at radius 2 is 1.82 bits per heavy atom. The van der Waals surface area contributed by atoms with Gasteiger partial charge in [-0.05, 0) is 43.2 Å². The molecule has 0 amide bonds. The van der Waals surface area contributed by atoms with Crippen molar-refractivity contribution in [1.29, 1.82) is 0 Å². The Bertz CT molecular complexity index is 926. The van der Waals surface area contributed by atoms with Crippen molar-refractivity contribution in [2.45, 2.75) is 18.9 Å². The van der Waals surface area contributed by atoms with E-state index in [1.54, 1.807) is 0 Å². The maximum absolute atomic E-state index is 5.50. The van der Waals surface area contributed by atoms with E-state index in [2.05, 4.69) is 61.6 Å². The van der Waals surface area contributed by atoms with Crippen molar-refractivity contribution >= 4 is 28.4 Å². The summed E-state index contributed by atoms with van der Waals surface area (Å²) < 4.78 is 7.78. The van der Waals surface area contributed by atoms with E-state index >= 15 is 0 Å². The lowest BCUT2D eigenvalue weighted by Gasteiger charge is -2.29. The molecule has 7 nitrogen and oxygen atoms in total. The molecule has 2 aliphatic rings. The number of hydrogen-bond donors (Lipinski definition) is 2. The normalized spacial score (nSPS) is 18.5. The predicted octanol–water partition coefficient (Wildman–Crippen LogP) is 2.94. The molecule has 0 spiro atoms. The minimum absolute atomic E-state index is 0.451. The van der Waals surface area contributed by atoms with Crippen molar-refractivity contribution in [2.75, 3.05) is 49.6 Å². The molecule has 2 N–H and O–H groups in total.